The summed E-state index contributed by atoms with van der Waals surface area (Å²) in [6.45, 7) is 0. The van der Waals surface area contributed by atoms with Gasteiger partial charge in [-0.15, -0.1) is 0 Å². The third kappa shape index (κ3) is 1.84. The number of H-pyrrole nitrogens is 1. The van der Waals surface area contributed by atoms with Gasteiger partial charge in [-0.2, -0.15) is 0 Å². The Morgan fingerprint density at radius 3 is 3.00 bits per heavy atom. The average Bonchev–Trinajstić information content (AvgIpc) is 2.75. The molecule has 5 nitrogen and oxygen atoms in total. The molecule has 6 heteroatoms. The van der Waals surface area contributed by atoms with Crippen LogP contribution in [0.5, 0.6) is 0 Å². The summed E-state index contributed by atoms with van der Waals surface area (Å²) in [5, 5.41) is 0. The summed E-state index contributed by atoms with van der Waals surface area (Å²) in [7, 11) is 1.71. The Morgan fingerprint density at radius 2 is 2.22 bits per heavy atom. The molecule has 0 atom stereocenters. The second-order valence-corrected chi connectivity index (χ2v) is 4.89. The molecule has 3 aromatic heterocycles. The van der Waals surface area contributed by atoms with E-state index in [1.807, 2.05) is 12.1 Å². The highest BCUT2D eigenvalue weighted by molar-refractivity contribution is 9.10. The third-order valence-electron chi connectivity index (χ3n) is 2.68. The van der Waals surface area contributed by atoms with Gasteiger partial charge in [0.15, 0.2) is 5.65 Å². The number of aromatic amines is 1. The number of rotatable bonds is 1. The molecule has 0 unspecified atom stereocenters. The number of halogens is 1. The fourth-order valence-corrected chi connectivity index (χ4v) is 2.04. The van der Waals surface area contributed by atoms with Crippen molar-refractivity contribution in [2.45, 2.75) is 0 Å². The highest BCUT2D eigenvalue weighted by atomic mass is 79.9. The zero-order valence-electron chi connectivity index (χ0n) is 9.51. The van der Waals surface area contributed by atoms with Crippen LogP contribution in [0.1, 0.15) is 0 Å². The van der Waals surface area contributed by atoms with E-state index >= 15 is 0 Å². The Labute approximate surface area is 111 Å². The van der Waals surface area contributed by atoms with Crippen molar-refractivity contribution in [1.82, 2.24) is 19.5 Å². The lowest BCUT2D eigenvalue weighted by Crippen LogP contribution is -2.14. The van der Waals surface area contributed by atoms with Crippen LogP contribution in [0.3, 0.4) is 0 Å². The molecule has 0 saturated carbocycles. The highest BCUT2D eigenvalue weighted by Crippen LogP contribution is 2.20. The van der Waals surface area contributed by atoms with Gasteiger partial charge in [-0.05, 0) is 28.1 Å². The van der Waals surface area contributed by atoms with Crippen molar-refractivity contribution in [2.75, 3.05) is 0 Å². The molecule has 0 fully saturated rings. The van der Waals surface area contributed by atoms with Crippen LogP contribution in [-0.4, -0.2) is 19.5 Å². The zero-order chi connectivity index (χ0) is 12.7. The predicted molar refractivity (Wildman–Crippen MR) is 72.3 cm³/mol. The molecule has 0 saturated heterocycles. The maximum Gasteiger partial charge on any atom is 0.250 e. The molecule has 0 aliphatic heterocycles. The largest absolute Gasteiger partial charge is 0.337 e. The van der Waals surface area contributed by atoms with Crippen LogP contribution in [0, 0.1) is 0 Å². The number of hydrogen-bond donors (Lipinski definition) is 1. The van der Waals surface area contributed by atoms with Crippen molar-refractivity contribution >= 4 is 27.1 Å². The van der Waals surface area contributed by atoms with Gasteiger partial charge in [0.1, 0.15) is 5.82 Å². The van der Waals surface area contributed by atoms with Crippen LogP contribution < -0.4 is 5.56 Å². The van der Waals surface area contributed by atoms with Crippen molar-refractivity contribution in [3.63, 3.8) is 0 Å². The van der Waals surface area contributed by atoms with Crippen molar-refractivity contribution in [2.24, 2.45) is 7.05 Å². The fraction of sp³-hybridized carbons (Fsp3) is 0.0833. The first-order valence-corrected chi connectivity index (χ1v) is 6.11. The summed E-state index contributed by atoms with van der Waals surface area (Å²) >= 11 is 3.36. The molecule has 3 rings (SSSR count). The SMILES string of the molecule is Cn1ccc(-c2nc3ncc(Br)cc3[nH]2)cc1=O. The van der Waals surface area contributed by atoms with E-state index in [1.54, 1.807) is 25.5 Å². The van der Waals surface area contributed by atoms with Crippen LogP contribution in [-0.2, 0) is 7.05 Å². The van der Waals surface area contributed by atoms with Gasteiger partial charge in [-0.3, -0.25) is 4.79 Å². The normalized spacial score (nSPS) is 11.0. The Morgan fingerprint density at radius 1 is 1.39 bits per heavy atom. The smallest absolute Gasteiger partial charge is 0.250 e. The van der Waals surface area contributed by atoms with E-state index in [4.69, 9.17) is 0 Å². The quantitative estimate of drug-likeness (QED) is 0.749. The van der Waals surface area contributed by atoms with Crippen LogP contribution in [0.25, 0.3) is 22.6 Å². The van der Waals surface area contributed by atoms with E-state index in [-0.39, 0.29) is 5.56 Å². The second kappa shape index (κ2) is 4.06. The molecule has 0 aromatic carbocycles. The van der Waals surface area contributed by atoms with Gasteiger partial charge in [0, 0.05) is 35.5 Å². The van der Waals surface area contributed by atoms with Gasteiger partial charge in [-0.25, -0.2) is 9.97 Å². The molecule has 0 radical (unpaired) electrons. The van der Waals surface area contributed by atoms with Crippen LogP contribution in [0.15, 0.2) is 39.9 Å². The van der Waals surface area contributed by atoms with E-state index in [0.29, 0.717) is 11.5 Å². The number of fused-ring (bicyclic) bond motifs is 1. The summed E-state index contributed by atoms with van der Waals surface area (Å²) in [6, 6.07) is 5.29. The molecule has 90 valence electrons. The maximum atomic E-state index is 11.6. The molecule has 1 N–H and O–H groups in total. The number of nitrogens with one attached hydrogen (secondary N) is 1. The molecule has 0 aliphatic rings. The first-order valence-electron chi connectivity index (χ1n) is 5.32. The average molecular weight is 305 g/mol. The first kappa shape index (κ1) is 11.2. The van der Waals surface area contributed by atoms with Gasteiger partial charge in [-0.1, -0.05) is 0 Å². The number of pyridine rings is 2. The van der Waals surface area contributed by atoms with Crippen molar-refractivity contribution in [3.8, 4) is 11.4 Å². The Balaban J connectivity index is 2.19. The van der Waals surface area contributed by atoms with Crippen molar-refractivity contribution < 1.29 is 0 Å². The fourth-order valence-electron chi connectivity index (χ4n) is 1.71. The number of nitrogens with zero attached hydrogens (tertiary/aromatic N) is 3. The predicted octanol–water partition coefficient (Wildman–Crippen LogP) is 2.09. The van der Waals surface area contributed by atoms with E-state index < -0.39 is 0 Å². The first-order chi connectivity index (χ1) is 8.63. The highest BCUT2D eigenvalue weighted by Gasteiger charge is 2.07. The van der Waals surface area contributed by atoms with Crippen molar-refractivity contribution in [3.05, 3.63) is 45.4 Å². The lowest BCUT2D eigenvalue weighted by molar-refractivity contribution is 0.860. The van der Waals surface area contributed by atoms with E-state index in [1.165, 1.54) is 4.57 Å². The van der Waals surface area contributed by atoms with Gasteiger partial charge in [0.25, 0.3) is 5.56 Å². The Kier molecular flexibility index (Phi) is 2.52. The molecular weight excluding hydrogens is 296 g/mol. The minimum absolute atomic E-state index is 0.0675. The maximum absolute atomic E-state index is 11.6. The van der Waals surface area contributed by atoms with E-state index in [0.717, 1.165) is 15.6 Å². The summed E-state index contributed by atoms with van der Waals surface area (Å²) in [4.78, 5) is 23.3. The second-order valence-electron chi connectivity index (χ2n) is 3.97. The van der Waals surface area contributed by atoms with E-state index in [2.05, 4.69) is 30.9 Å². The Hall–Kier alpha value is -1.95. The zero-order valence-corrected chi connectivity index (χ0v) is 11.1. The Bertz CT molecular complexity index is 790. The molecule has 3 aromatic rings. The standard InChI is InChI=1S/C12H9BrN4O/c1-17-3-2-7(4-10(17)18)11-15-9-5-8(13)6-14-12(9)16-11/h2-6H,1H3,(H,14,15,16). The minimum Gasteiger partial charge on any atom is -0.337 e. The number of aromatic nitrogens is 4. The van der Waals surface area contributed by atoms with Gasteiger partial charge in [0.05, 0.1) is 5.52 Å². The minimum atomic E-state index is -0.0675. The number of imidazole rings is 1. The van der Waals surface area contributed by atoms with Crippen LogP contribution in [0.2, 0.25) is 0 Å². The number of hydrogen-bond acceptors (Lipinski definition) is 3. The van der Waals surface area contributed by atoms with Gasteiger partial charge in [0.2, 0.25) is 0 Å². The van der Waals surface area contributed by atoms with Crippen LogP contribution >= 0.6 is 15.9 Å². The molecule has 0 aliphatic carbocycles. The molecule has 3 heterocycles. The van der Waals surface area contributed by atoms with E-state index in [9.17, 15) is 4.79 Å². The monoisotopic (exact) mass is 304 g/mol. The topological polar surface area (TPSA) is 63.6 Å². The third-order valence-corrected chi connectivity index (χ3v) is 3.12. The van der Waals surface area contributed by atoms with Gasteiger partial charge >= 0.3 is 0 Å². The summed E-state index contributed by atoms with van der Waals surface area (Å²) in [5.41, 5.74) is 2.16. The summed E-state index contributed by atoms with van der Waals surface area (Å²) < 4.78 is 2.40. The van der Waals surface area contributed by atoms with Gasteiger partial charge < -0.3 is 9.55 Å². The number of aryl methyl sites for hydroxylation is 1. The molecule has 18 heavy (non-hydrogen) atoms. The lowest BCUT2D eigenvalue weighted by atomic mass is 10.2. The summed E-state index contributed by atoms with van der Waals surface area (Å²) in [5.74, 6) is 0.647. The summed E-state index contributed by atoms with van der Waals surface area (Å²) in [6.07, 6.45) is 3.41. The molecule has 0 spiro atoms. The molecular formula is C12H9BrN4O. The molecule has 0 bridgehead atoms. The molecule has 0 amide bonds. The van der Waals surface area contributed by atoms with Crippen molar-refractivity contribution in [1.29, 1.82) is 0 Å². The van der Waals surface area contributed by atoms with Crippen LogP contribution in [0.4, 0.5) is 0 Å². The lowest BCUT2D eigenvalue weighted by Gasteiger charge is -1.98.